The summed E-state index contributed by atoms with van der Waals surface area (Å²) in [6.45, 7) is 4.49. The summed E-state index contributed by atoms with van der Waals surface area (Å²) < 4.78 is 28.3. The zero-order valence-electron chi connectivity index (χ0n) is 19.5. The molecule has 0 aromatic heterocycles. The normalized spacial score (nSPS) is 24.8. The molecule has 2 amide bonds. The van der Waals surface area contributed by atoms with Crippen LogP contribution in [0.15, 0.2) is 78.9 Å². The van der Waals surface area contributed by atoms with Crippen LogP contribution in [-0.2, 0) is 5.54 Å². The summed E-state index contributed by atoms with van der Waals surface area (Å²) in [7, 11) is 2.26. The van der Waals surface area contributed by atoms with Crippen molar-refractivity contribution in [1.29, 1.82) is 0 Å². The van der Waals surface area contributed by atoms with Gasteiger partial charge in [0.1, 0.15) is 23.2 Å². The molecule has 2 aliphatic heterocycles. The molecule has 3 aromatic carbocycles. The molecule has 4 nitrogen and oxygen atoms in total. The number of likely N-dealkylation sites (tertiary alicyclic amines) is 1. The molecule has 0 radical (unpaired) electrons. The molecule has 2 aliphatic rings. The fourth-order valence-electron chi connectivity index (χ4n) is 5.68. The highest BCUT2D eigenvalue weighted by atomic mass is 19.1. The second kappa shape index (κ2) is 8.51. The Morgan fingerprint density at radius 3 is 2.06 bits per heavy atom. The Bertz CT molecular complexity index is 1120. The lowest BCUT2D eigenvalue weighted by molar-refractivity contribution is -0.927. The number of amides is 2. The summed E-state index contributed by atoms with van der Waals surface area (Å²) in [5.41, 5.74) is 1.99. The van der Waals surface area contributed by atoms with Crippen molar-refractivity contribution in [3.05, 3.63) is 107 Å². The van der Waals surface area contributed by atoms with Gasteiger partial charge < -0.3 is 14.7 Å². The standard InChI is InChI=1S/C28H29F2N3O/c1-20(21-6-4-3-5-7-21)33(2)17-16-26(18-33)32-19-28(31-27(32)34,22-8-12-24(29)13-9-22)23-10-14-25(30)15-11-23/h3-15,20,26H,16-19H2,1-2H3/p+1/t20?,26-,33?/m1/s1. The van der Waals surface area contributed by atoms with Gasteiger partial charge in [-0.2, -0.15) is 0 Å². The van der Waals surface area contributed by atoms with Crippen molar-refractivity contribution in [2.24, 2.45) is 0 Å². The van der Waals surface area contributed by atoms with Crippen molar-refractivity contribution in [3.63, 3.8) is 0 Å². The van der Waals surface area contributed by atoms with E-state index in [1.807, 2.05) is 11.0 Å². The first-order chi connectivity index (χ1) is 16.3. The van der Waals surface area contributed by atoms with Gasteiger partial charge in [0.2, 0.25) is 0 Å². The Labute approximate surface area is 199 Å². The van der Waals surface area contributed by atoms with Crippen molar-refractivity contribution in [1.82, 2.24) is 10.2 Å². The van der Waals surface area contributed by atoms with Crippen LogP contribution in [-0.4, -0.2) is 48.1 Å². The first kappa shape index (κ1) is 22.5. The van der Waals surface area contributed by atoms with Crippen molar-refractivity contribution in [2.45, 2.75) is 31.0 Å². The number of nitrogens with zero attached hydrogens (tertiary/aromatic N) is 2. The van der Waals surface area contributed by atoms with Crippen LogP contribution >= 0.6 is 0 Å². The van der Waals surface area contributed by atoms with E-state index in [2.05, 4.69) is 43.6 Å². The summed E-state index contributed by atoms with van der Waals surface area (Å²) in [6.07, 6.45) is 0.907. The van der Waals surface area contributed by atoms with Gasteiger partial charge in [-0.15, -0.1) is 0 Å². The van der Waals surface area contributed by atoms with E-state index < -0.39 is 5.54 Å². The van der Waals surface area contributed by atoms with Crippen LogP contribution in [0.5, 0.6) is 0 Å². The van der Waals surface area contributed by atoms with Crippen molar-refractivity contribution in [2.75, 3.05) is 26.7 Å². The van der Waals surface area contributed by atoms with E-state index in [0.717, 1.165) is 35.1 Å². The molecular weight excluding hydrogens is 432 g/mol. The van der Waals surface area contributed by atoms with E-state index in [-0.39, 0.29) is 23.7 Å². The highest BCUT2D eigenvalue weighted by Gasteiger charge is 2.51. The molecule has 2 saturated heterocycles. The lowest BCUT2D eigenvalue weighted by Gasteiger charge is -2.37. The lowest BCUT2D eigenvalue weighted by Crippen LogP contribution is -2.47. The zero-order valence-corrected chi connectivity index (χ0v) is 19.5. The van der Waals surface area contributed by atoms with E-state index >= 15 is 0 Å². The largest absolute Gasteiger partial charge is 0.323 e. The Balaban J connectivity index is 1.44. The molecule has 176 valence electrons. The second-order valence-corrected chi connectivity index (χ2v) is 9.89. The molecule has 2 fully saturated rings. The summed E-state index contributed by atoms with van der Waals surface area (Å²) in [6, 6.07) is 23.2. The summed E-state index contributed by atoms with van der Waals surface area (Å²) in [4.78, 5) is 15.3. The van der Waals surface area contributed by atoms with Gasteiger partial charge in [0, 0.05) is 12.0 Å². The molecule has 2 unspecified atom stereocenters. The number of rotatable bonds is 5. The molecule has 6 heteroatoms. The number of hydrogen-bond donors (Lipinski definition) is 1. The molecule has 5 rings (SSSR count). The molecule has 1 N–H and O–H groups in total. The lowest BCUT2D eigenvalue weighted by atomic mass is 9.83. The Morgan fingerprint density at radius 1 is 0.941 bits per heavy atom. The molecule has 3 aromatic rings. The van der Waals surface area contributed by atoms with Crippen LogP contribution < -0.4 is 5.32 Å². The highest BCUT2D eigenvalue weighted by Crippen LogP contribution is 2.39. The van der Waals surface area contributed by atoms with E-state index in [1.54, 1.807) is 24.3 Å². The smallest absolute Gasteiger partial charge is 0.319 e. The molecule has 2 heterocycles. The summed E-state index contributed by atoms with van der Waals surface area (Å²) in [5.74, 6) is -0.670. The van der Waals surface area contributed by atoms with Gasteiger partial charge in [-0.1, -0.05) is 54.6 Å². The number of carbonyl (C=O) groups excluding carboxylic acids is 1. The minimum absolute atomic E-state index is 0.0823. The van der Waals surface area contributed by atoms with Crippen LogP contribution in [0.25, 0.3) is 0 Å². The van der Waals surface area contributed by atoms with E-state index in [4.69, 9.17) is 0 Å². The number of halogens is 2. The predicted molar refractivity (Wildman–Crippen MR) is 128 cm³/mol. The third-order valence-corrected chi connectivity index (χ3v) is 7.92. The quantitative estimate of drug-likeness (QED) is 0.519. The van der Waals surface area contributed by atoms with Crippen LogP contribution in [0, 0.1) is 11.6 Å². The van der Waals surface area contributed by atoms with Gasteiger partial charge in [-0.3, -0.25) is 0 Å². The average molecular weight is 463 g/mol. The Hall–Kier alpha value is -3.25. The predicted octanol–water partition coefficient (Wildman–Crippen LogP) is 5.21. The van der Waals surface area contributed by atoms with Gasteiger partial charge >= 0.3 is 6.03 Å². The van der Waals surface area contributed by atoms with Gasteiger partial charge in [-0.25, -0.2) is 13.6 Å². The highest BCUT2D eigenvalue weighted by molar-refractivity contribution is 5.80. The number of likely N-dealkylation sites (N-methyl/N-ethyl adjacent to an activating group) is 1. The van der Waals surface area contributed by atoms with Crippen molar-refractivity contribution in [3.8, 4) is 0 Å². The fraction of sp³-hybridized carbons (Fsp3) is 0.321. The SMILES string of the molecule is CC(c1ccccc1)[N+]1(C)CC[C@@H](N2CC(c3ccc(F)cc3)(c3ccc(F)cc3)NC2=O)C1. The summed E-state index contributed by atoms with van der Waals surface area (Å²) >= 11 is 0. The van der Waals surface area contributed by atoms with Crippen LogP contribution in [0.4, 0.5) is 13.6 Å². The Morgan fingerprint density at radius 2 is 1.50 bits per heavy atom. The number of benzene rings is 3. The second-order valence-electron chi connectivity index (χ2n) is 9.89. The van der Waals surface area contributed by atoms with E-state index in [1.165, 1.54) is 29.8 Å². The van der Waals surface area contributed by atoms with Crippen molar-refractivity contribution < 1.29 is 18.1 Å². The minimum Gasteiger partial charge on any atom is -0.323 e. The number of urea groups is 1. The first-order valence-electron chi connectivity index (χ1n) is 11.8. The molecule has 3 atom stereocenters. The van der Waals surface area contributed by atoms with Crippen LogP contribution in [0.1, 0.15) is 36.1 Å². The number of quaternary nitrogens is 1. The maximum absolute atomic E-state index is 13.7. The number of hydrogen-bond acceptors (Lipinski definition) is 1. The van der Waals surface area contributed by atoms with Crippen LogP contribution in [0.3, 0.4) is 0 Å². The molecule has 0 bridgehead atoms. The molecule has 0 aliphatic carbocycles. The monoisotopic (exact) mass is 462 g/mol. The van der Waals surface area contributed by atoms with Crippen molar-refractivity contribution >= 4 is 6.03 Å². The average Bonchev–Trinajstić information content (AvgIpc) is 3.41. The molecule has 0 spiro atoms. The molecular formula is C28H30F2N3O+. The molecule has 34 heavy (non-hydrogen) atoms. The van der Waals surface area contributed by atoms with Gasteiger partial charge in [0.25, 0.3) is 0 Å². The van der Waals surface area contributed by atoms with Gasteiger partial charge in [0.15, 0.2) is 0 Å². The third-order valence-electron chi connectivity index (χ3n) is 7.92. The minimum atomic E-state index is -0.866. The number of carbonyl (C=O) groups is 1. The fourth-order valence-corrected chi connectivity index (χ4v) is 5.68. The maximum Gasteiger partial charge on any atom is 0.319 e. The zero-order chi connectivity index (χ0) is 23.9. The first-order valence-corrected chi connectivity index (χ1v) is 11.8. The van der Waals surface area contributed by atoms with Crippen LogP contribution in [0.2, 0.25) is 0 Å². The van der Waals surface area contributed by atoms with E-state index in [9.17, 15) is 13.6 Å². The molecule has 0 saturated carbocycles. The van der Waals surface area contributed by atoms with E-state index in [0.29, 0.717) is 12.6 Å². The maximum atomic E-state index is 13.7. The van der Waals surface area contributed by atoms with Gasteiger partial charge in [0.05, 0.1) is 32.7 Å². The number of nitrogens with one attached hydrogen (secondary N) is 1. The topological polar surface area (TPSA) is 32.3 Å². The Kier molecular flexibility index (Phi) is 5.64. The van der Waals surface area contributed by atoms with Gasteiger partial charge in [-0.05, 0) is 42.3 Å². The summed E-state index contributed by atoms with van der Waals surface area (Å²) in [5, 5.41) is 3.19. The third kappa shape index (κ3) is 3.86.